The molecule has 0 atom stereocenters. The topological polar surface area (TPSA) is 28.7 Å². The summed E-state index contributed by atoms with van der Waals surface area (Å²) in [5, 5.41) is 0. The van der Waals surface area contributed by atoms with E-state index in [4.69, 9.17) is 0 Å². The van der Waals surface area contributed by atoms with E-state index in [0.717, 1.165) is 17.5 Å². The van der Waals surface area contributed by atoms with Gasteiger partial charge in [0.05, 0.1) is 17.4 Å². The van der Waals surface area contributed by atoms with Crippen LogP contribution in [0.25, 0.3) is 11.0 Å². The number of imidazole rings is 1. The van der Waals surface area contributed by atoms with Gasteiger partial charge in [-0.3, -0.25) is 0 Å². The van der Waals surface area contributed by atoms with Crippen molar-refractivity contribution in [3.63, 3.8) is 0 Å². The predicted octanol–water partition coefficient (Wildman–Crippen LogP) is 2.43. The highest BCUT2D eigenvalue weighted by molar-refractivity contribution is 5.78. The van der Waals surface area contributed by atoms with Crippen LogP contribution in [0, 0.1) is 6.92 Å². The maximum atomic E-state index is 4.24. The molecule has 0 fully saturated rings. The summed E-state index contributed by atoms with van der Waals surface area (Å²) in [6.07, 6.45) is 2.83. The Kier molecular flexibility index (Phi) is 1.61. The molecule has 0 saturated carbocycles. The summed E-state index contributed by atoms with van der Waals surface area (Å²) in [6, 6.07) is 4.36. The van der Waals surface area contributed by atoms with Gasteiger partial charge in [-0.15, -0.1) is 0 Å². The summed E-state index contributed by atoms with van der Waals surface area (Å²) in [7, 11) is 0. The van der Waals surface area contributed by atoms with Gasteiger partial charge < -0.3 is 4.98 Å². The van der Waals surface area contributed by atoms with Gasteiger partial charge in [-0.1, -0.05) is 13.0 Å². The van der Waals surface area contributed by atoms with Crippen LogP contribution in [0.4, 0.5) is 0 Å². The molecule has 0 radical (unpaired) electrons. The van der Waals surface area contributed by atoms with Crippen LogP contribution in [0.2, 0.25) is 0 Å². The van der Waals surface area contributed by atoms with Gasteiger partial charge in [0.2, 0.25) is 0 Å². The first-order valence-corrected chi connectivity index (χ1v) is 4.24. The number of H-pyrrole nitrogens is 1. The molecular formula is C10H12N2. The van der Waals surface area contributed by atoms with E-state index < -0.39 is 0 Å². The van der Waals surface area contributed by atoms with Gasteiger partial charge in [0.25, 0.3) is 0 Å². The van der Waals surface area contributed by atoms with Crippen LogP contribution in [0.1, 0.15) is 18.1 Å². The number of benzene rings is 1. The highest BCUT2D eigenvalue weighted by atomic mass is 14.9. The lowest BCUT2D eigenvalue weighted by Crippen LogP contribution is -1.83. The number of nitrogens with one attached hydrogen (secondary N) is 1. The van der Waals surface area contributed by atoms with Crippen molar-refractivity contribution in [2.75, 3.05) is 0 Å². The van der Waals surface area contributed by atoms with Gasteiger partial charge in [-0.2, -0.15) is 0 Å². The Morgan fingerprint density at radius 2 is 2.25 bits per heavy atom. The molecule has 12 heavy (non-hydrogen) atoms. The van der Waals surface area contributed by atoms with Crippen LogP contribution in [0.15, 0.2) is 18.5 Å². The Labute approximate surface area is 71.6 Å². The summed E-state index contributed by atoms with van der Waals surface area (Å²) in [6.45, 7) is 4.26. The Bertz CT molecular complexity index is 401. The Hall–Kier alpha value is -1.31. The molecule has 1 heterocycles. The van der Waals surface area contributed by atoms with E-state index in [0.29, 0.717) is 0 Å². The predicted molar refractivity (Wildman–Crippen MR) is 50.2 cm³/mol. The zero-order valence-corrected chi connectivity index (χ0v) is 7.39. The zero-order valence-electron chi connectivity index (χ0n) is 7.39. The van der Waals surface area contributed by atoms with Gasteiger partial charge in [0.15, 0.2) is 0 Å². The Balaban J connectivity index is 2.75. The number of hydrogen-bond acceptors (Lipinski definition) is 1. The first kappa shape index (κ1) is 7.35. The fraction of sp³-hybridized carbons (Fsp3) is 0.300. The number of fused-ring (bicyclic) bond motifs is 1. The quantitative estimate of drug-likeness (QED) is 0.682. The van der Waals surface area contributed by atoms with Crippen LogP contribution >= 0.6 is 0 Å². The van der Waals surface area contributed by atoms with E-state index in [1.807, 2.05) is 0 Å². The highest BCUT2D eigenvalue weighted by Crippen LogP contribution is 2.16. The van der Waals surface area contributed by atoms with E-state index in [1.165, 1.54) is 11.1 Å². The lowest BCUT2D eigenvalue weighted by molar-refractivity contribution is 1.14. The molecular weight excluding hydrogens is 148 g/mol. The highest BCUT2D eigenvalue weighted by Gasteiger charge is 2.00. The maximum absolute atomic E-state index is 4.24. The number of nitrogens with zero attached hydrogens (tertiary/aromatic N) is 1. The molecule has 2 rings (SSSR count). The largest absolute Gasteiger partial charge is 0.345 e. The third-order valence-electron chi connectivity index (χ3n) is 2.18. The molecule has 1 N–H and O–H groups in total. The molecule has 1 aromatic heterocycles. The first-order valence-electron chi connectivity index (χ1n) is 4.24. The summed E-state index contributed by atoms with van der Waals surface area (Å²) in [5.41, 5.74) is 4.86. The molecule has 2 heteroatoms. The smallest absolute Gasteiger partial charge is 0.0931 e. The monoisotopic (exact) mass is 160 g/mol. The second kappa shape index (κ2) is 2.63. The molecule has 1 aromatic carbocycles. The molecule has 2 nitrogen and oxygen atoms in total. The number of aromatic nitrogens is 2. The minimum atomic E-state index is 1.08. The molecule has 0 aliphatic heterocycles. The second-order valence-corrected chi connectivity index (χ2v) is 3.06. The van der Waals surface area contributed by atoms with Crippen LogP contribution in [-0.4, -0.2) is 9.97 Å². The van der Waals surface area contributed by atoms with Crippen molar-refractivity contribution < 1.29 is 0 Å². The zero-order chi connectivity index (χ0) is 8.55. The third-order valence-corrected chi connectivity index (χ3v) is 2.18. The van der Waals surface area contributed by atoms with E-state index in [-0.39, 0.29) is 0 Å². The molecule has 62 valence electrons. The van der Waals surface area contributed by atoms with Gasteiger partial charge >= 0.3 is 0 Å². The third kappa shape index (κ3) is 0.998. The van der Waals surface area contributed by atoms with Gasteiger partial charge in [-0.05, 0) is 30.5 Å². The van der Waals surface area contributed by atoms with Crippen LogP contribution in [0.3, 0.4) is 0 Å². The molecule has 0 unspecified atom stereocenters. The molecule has 0 aliphatic carbocycles. The first-order chi connectivity index (χ1) is 5.81. The lowest BCUT2D eigenvalue weighted by atomic mass is 10.1. The van der Waals surface area contributed by atoms with E-state index >= 15 is 0 Å². The molecule has 0 amide bonds. The van der Waals surface area contributed by atoms with Crippen molar-refractivity contribution in [2.24, 2.45) is 0 Å². The average molecular weight is 160 g/mol. The van der Waals surface area contributed by atoms with E-state index in [9.17, 15) is 0 Å². The summed E-state index contributed by atoms with van der Waals surface area (Å²) in [4.78, 5) is 7.36. The fourth-order valence-corrected chi connectivity index (χ4v) is 1.51. The number of hydrogen-bond donors (Lipinski definition) is 1. The van der Waals surface area contributed by atoms with Crippen LogP contribution < -0.4 is 0 Å². The Morgan fingerprint density at radius 3 is 3.00 bits per heavy atom. The van der Waals surface area contributed by atoms with Gasteiger partial charge in [0.1, 0.15) is 0 Å². The second-order valence-electron chi connectivity index (χ2n) is 3.06. The molecule has 0 aliphatic rings. The lowest BCUT2D eigenvalue weighted by Gasteiger charge is -1.99. The summed E-state index contributed by atoms with van der Waals surface area (Å²) < 4.78 is 0. The number of rotatable bonds is 1. The van der Waals surface area contributed by atoms with Crippen molar-refractivity contribution in [3.8, 4) is 0 Å². The fourth-order valence-electron chi connectivity index (χ4n) is 1.51. The normalized spacial score (nSPS) is 10.8. The van der Waals surface area contributed by atoms with Crippen LogP contribution in [-0.2, 0) is 6.42 Å². The van der Waals surface area contributed by atoms with E-state index in [2.05, 4.69) is 35.9 Å². The van der Waals surface area contributed by atoms with Gasteiger partial charge in [0, 0.05) is 0 Å². The molecule has 0 saturated heterocycles. The van der Waals surface area contributed by atoms with Crippen molar-refractivity contribution in [3.05, 3.63) is 29.6 Å². The number of aromatic amines is 1. The average Bonchev–Trinajstić information content (AvgIpc) is 2.52. The van der Waals surface area contributed by atoms with Crippen molar-refractivity contribution in [1.29, 1.82) is 0 Å². The van der Waals surface area contributed by atoms with E-state index in [1.54, 1.807) is 6.33 Å². The maximum Gasteiger partial charge on any atom is 0.0931 e. The molecule has 2 aromatic rings. The van der Waals surface area contributed by atoms with Crippen molar-refractivity contribution in [1.82, 2.24) is 9.97 Å². The number of aryl methyl sites for hydroxylation is 2. The van der Waals surface area contributed by atoms with Gasteiger partial charge in [-0.25, -0.2) is 4.98 Å². The standard InChI is InChI=1S/C10H12N2/c1-3-8-4-7(2)10-9(5-8)11-6-12-10/h4-6H,3H2,1-2H3,(H,11,12). The molecule has 0 spiro atoms. The summed E-state index contributed by atoms with van der Waals surface area (Å²) >= 11 is 0. The van der Waals surface area contributed by atoms with Crippen LogP contribution in [0.5, 0.6) is 0 Å². The van der Waals surface area contributed by atoms with Crippen molar-refractivity contribution in [2.45, 2.75) is 20.3 Å². The minimum absolute atomic E-state index is 1.08. The molecule has 0 bridgehead atoms. The van der Waals surface area contributed by atoms with Crippen molar-refractivity contribution >= 4 is 11.0 Å². The Morgan fingerprint density at radius 1 is 1.42 bits per heavy atom. The summed E-state index contributed by atoms with van der Waals surface area (Å²) in [5.74, 6) is 0. The SMILES string of the molecule is CCc1cc(C)c2nc[nH]c2c1. The minimum Gasteiger partial charge on any atom is -0.345 e.